The monoisotopic (exact) mass is 313 g/mol. The van der Waals surface area contributed by atoms with Crippen molar-refractivity contribution in [3.8, 4) is 0 Å². The zero-order valence-electron chi connectivity index (χ0n) is 13.8. The van der Waals surface area contributed by atoms with Crippen molar-refractivity contribution in [2.24, 2.45) is 0 Å². The lowest BCUT2D eigenvalue weighted by Gasteiger charge is -2.16. The van der Waals surface area contributed by atoms with Crippen molar-refractivity contribution in [3.63, 3.8) is 0 Å². The number of rotatable bonds is 6. The summed E-state index contributed by atoms with van der Waals surface area (Å²) in [6.45, 7) is 5.53. The van der Waals surface area contributed by atoms with Gasteiger partial charge in [0.25, 0.3) is 0 Å². The summed E-state index contributed by atoms with van der Waals surface area (Å²) in [5, 5.41) is 3.99. The summed E-state index contributed by atoms with van der Waals surface area (Å²) in [6.07, 6.45) is 3.29. The molecule has 1 aromatic carbocycles. The molecule has 1 aliphatic heterocycles. The Kier molecular flexibility index (Phi) is 4.74. The van der Waals surface area contributed by atoms with Gasteiger partial charge in [-0.3, -0.25) is 4.79 Å². The van der Waals surface area contributed by atoms with E-state index in [9.17, 15) is 4.79 Å². The van der Waals surface area contributed by atoms with Crippen molar-refractivity contribution < 1.29 is 9.32 Å². The molecular formula is C18H23N3O2. The third kappa shape index (κ3) is 3.60. The summed E-state index contributed by atoms with van der Waals surface area (Å²) >= 11 is 0. The van der Waals surface area contributed by atoms with E-state index in [1.54, 1.807) is 0 Å². The van der Waals surface area contributed by atoms with Gasteiger partial charge in [-0.15, -0.1) is 0 Å². The highest BCUT2D eigenvalue weighted by atomic mass is 16.5. The van der Waals surface area contributed by atoms with Gasteiger partial charge in [0, 0.05) is 25.9 Å². The fraction of sp³-hybridized carbons (Fsp3) is 0.500. The van der Waals surface area contributed by atoms with Gasteiger partial charge in [0.1, 0.15) is 0 Å². The van der Waals surface area contributed by atoms with Crippen LogP contribution in [0.15, 0.2) is 28.8 Å². The zero-order valence-corrected chi connectivity index (χ0v) is 13.8. The van der Waals surface area contributed by atoms with Gasteiger partial charge >= 0.3 is 0 Å². The van der Waals surface area contributed by atoms with Gasteiger partial charge < -0.3 is 9.42 Å². The molecule has 1 aliphatic rings. The maximum absolute atomic E-state index is 12.3. The Labute approximate surface area is 136 Å². The first-order chi connectivity index (χ1) is 11.2. The number of amides is 1. The fourth-order valence-electron chi connectivity index (χ4n) is 2.95. The minimum Gasteiger partial charge on any atom is -0.339 e. The molecule has 3 rings (SSSR count). The Hall–Kier alpha value is -2.17. The third-order valence-electron chi connectivity index (χ3n) is 4.33. The molecule has 122 valence electrons. The van der Waals surface area contributed by atoms with Crippen molar-refractivity contribution >= 4 is 5.91 Å². The minimum absolute atomic E-state index is 0.0236. The average molecular weight is 313 g/mol. The van der Waals surface area contributed by atoms with Crippen molar-refractivity contribution in [1.29, 1.82) is 0 Å². The average Bonchev–Trinajstić information content (AvgIpc) is 3.16. The second kappa shape index (κ2) is 6.94. The highest BCUT2D eigenvalue weighted by molar-refractivity contribution is 5.79. The van der Waals surface area contributed by atoms with E-state index >= 15 is 0 Å². The van der Waals surface area contributed by atoms with Gasteiger partial charge in [0.15, 0.2) is 5.82 Å². The van der Waals surface area contributed by atoms with Gasteiger partial charge in [0.2, 0.25) is 11.8 Å². The molecule has 1 aromatic heterocycles. The summed E-state index contributed by atoms with van der Waals surface area (Å²) in [5.41, 5.74) is 2.47. The van der Waals surface area contributed by atoms with Gasteiger partial charge in [-0.1, -0.05) is 43.3 Å². The second-order valence-corrected chi connectivity index (χ2v) is 6.14. The van der Waals surface area contributed by atoms with E-state index in [1.165, 1.54) is 5.56 Å². The molecule has 1 saturated heterocycles. The third-order valence-corrected chi connectivity index (χ3v) is 4.33. The maximum atomic E-state index is 12.3. The quantitative estimate of drug-likeness (QED) is 0.822. The number of aryl methyl sites for hydroxylation is 2. The molecule has 5 heteroatoms. The molecule has 1 amide bonds. The number of benzene rings is 1. The van der Waals surface area contributed by atoms with E-state index in [0.29, 0.717) is 25.4 Å². The van der Waals surface area contributed by atoms with Gasteiger partial charge in [0.05, 0.1) is 5.92 Å². The first-order valence-corrected chi connectivity index (χ1v) is 8.37. The smallest absolute Gasteiger partial charge is 0.232 e. The number of aromatic nitrogens is 2. The maximum Gasteiger partial charge on any atom is 0.232 e. The molecule has 5 nitrogen and oxygen atoms in total. The van der Waals surface area contributed by atoms with E-state index in [4.69, 9.17) is 4.52 Å². The molecule has 2 heterocycles. The van der Waals surface area contributed by atoms with Crippen LogP contribution < -0.4 is 0 Å². The summed E-state index contributed by atoms with van der Waals surface area (Å²) in [6, 6.07) is 8.46. The highest BCUT2D eigenvalue weighted by Crippen LogP contribution is 2.28. The van der Waals surface area contributed by atoms with Crippen LogP contribution in [-0.2, 0) is 24.2 Å². The van der Waals surface area contributed by atoms with E-state index < -0.39 is 0 Å². The Bertz CT molecular complexity index is 663. The predicted octanol–water partition coefficient (Wildman–Crippen LogP) is 3.10. The molecule has 0 spiro atoms. The fourth-order valence-corrected chi connectivity index (χ4v) is 2.95. The Morgan fingerprint density at radius 2 is 1.96 bits per heavy atom. The molecule has 23 heavy (non-hydrogen) atoms. The number of nitrogens with zero attached hydrogens (tertiary/aromatic N) is 3. The van der Waals surface area contributed by atoms with Gasteiger partial charge in [-0.2, -0.15) is 4.98 Å². The molecule has 1 unspecified atom stereocenters. The molecule has 1 fully saturated rings. The van der Waals surface area contributed by atoms with Crippen molar-refractivity contribution in [2.75, 3.05) is 6.54 Å². The molecule has 0 aliphatic carbocycles. The van der Waals surface area contributed by atoms with Crippen LogP contribution in [-0.4, -0.2) is 27.5 Å². The molecule has 2 aromatic rings. The van der Waals surface area contributed by atoms with Crippen LogP contribution >= 0.6 is 0 Å². The van der Waals surface area contributed by atoms with Gasteiger partial charge in [-0.25, -0.2) is 0 Å². The summed E-state index contributed by atoms with van der Waals surface area (Å²) < 4.78 is 5.34. The molecule has 1 atom stereocenters. The predicted molar refractivity (Wildman–Crippen MR) is 86.9 cm³/mol. The first-order valence-electron chi connectivity index (χ1n) is 8.37. The largest absolute Gasteiger partial charge is 0.339 e. The second-order valence-electron chi connectivity index (χ2n) is 6.14. The van der Waals surface area contributed by atoms with Crippen molar-refractivity contribution in [1.82, 2.24) is 15.0 Å². The van der Waals surface area contributed by atoms with E-state index in [-0.39, 0.29) is 11.8 Å². The number of hydrogen-bond donors (Lipinski definition) is 0. The lowest BCUT2D eigenvalue weighted by molar-refractivity contribution is -0.128. The van der Waals surface area contributed by atoms with Crippen LogP contribution in [0.4, 0.5) is 0 Å². The number of carbonyl (C=O) groups excluding carboxylic acids is 1. The highest BCUT2D eigenvalue weighted by Gasteiger charge is 2.34. The molecule has 0 bridgehead atoms. The van der Waals surface area contributed by atoms with Crippen LogP contribution in [0.5, 0.6) is 0 Å². The minimum atomic E-state index is 0.0236. The van der Waals surface area contributed by atoms with Crippen molar-refractivity contribution in [2.45, 2.75) is 52.0 Å². The van der Waals surface area contributed by atoms with Crippen LogP contribution in [0.3, 0.4) is 0 Å². The van der Waals surface area contributed by atoms with Crippen LogP contribution in [0.25, 0.3) is 0 Å². The van der Waals surface area contributed by atoms with E-state index in [0.717, 1.165) is 30.7 Å². The standard InChI is InChI=1S/C18H23N3O2/c1-3-5-16-19-18(23-20-16)15-10-17(22)21(12-15)11-14-8-6-13(4-2)7-9-14/h6-9,15H,3-5,10-12H2,1-2H3. The molecular weight excluding hydrogens is 290 g/mol. The number of hydrogen-bond acceptors (Lipinski definition) is 4. The Morgan fingerprint density at radius 3 is 2.65 bits per heavy atom. The van der Waals surface area contributed by atoms with Gasteiger partial charge in [-0.05, 0) is 24.0 Å². The van der Waals surface area contributed by atoms with Crippen LogP contribution in [0.2, 0.25) is 0 Å². The van der Waals surface area contributed by atoms with Crippen molar-refractivity contribution in [3.05, 3.63) is 47.1 Å². The normalized spacial score (nSPS) is 17.9. The van der Waals surface area contributed by atoms with E-state index in [1.807, 2.05) is 4.90 Å². The lowest BCUT2D eigenvalue weighted by atomic mass is 10.1. The molecule has 0 N–H and O–H groups in total. The SMILES string of the molecule is CCCc1noc(C2CC(=O)N(Cc3ccc(CC)cc3)C2)n1. The summed E-state index contributed by atoms with van der Waals surface area (Å²) in [7, 11) is 0. The topological polar surface area (TPSA) is 59.2 Å². The summed E-state index contributed by atoms with van der Waals surface area (Å²) in [5.74, 6) is 1.52. The lowest BCUT2D eigenvalue weighted by Crippen LogP contribution is -2.24. The van der Waals surface area contributed by atoms with E-state index in [2.05, 4.69) is 48.3 Å². The molecule has 0 radical (unpaired) electrons. The Morgan fingerprint density at radius 1 is 1.22 bits per heavy atom. The summed E-state index contributed by atoms with van der Waals surface area (Å²) in [4.78, 5) is 18.6. The zero-order chi connectivity index (χ0) is 16.2. The van der Waals surface area contributed by atoms with Crippen LogP contribution in [0.1, 0.15) is 55.4 Å². The first kappa shape index (κ1) is 15.7. The number of likely N-dealkylation sites (tertiary alicyclic amines) is 1. The Balaban J connectivity index is 1.64. The molecule has 0 saturated carbocycles. The number of carbonyl (C=O) groups is 1. The van der Waals surface area contributed by atoms with Crippen LogP contribution in [0, 0.1) is 0 Å².